The highest BCUT2D eigenvalue weighted by molar-refractivity contribution is 5.31. The van der Waals surface area contributed by atoms with E-state index < -0.39 is 0 Å². The molecule has 1 atom stereocenters. The topological polar surface area (TPSA) is 69.2 Å². The number of benzene rings is 1. The highest BCUT2D eigenvalue weighted by Gasteiger charge is 2.30. The number of hydrogen-bond acceptors (Lipinski definition) is 6. The average molecular weight is 337 g/mol. The number of hydrogen-bond donors (Lipinski definition) is 0. The maximum Gasteiger partial charge on any atom is 0.229 e. The van der Waals surface area contributed by atoms with Crippen molar-refractivity contribution in [3.05, 3.63) is 47.1 Å². The largest absolute Gasteiger partial charge is 0.339 e. The zero-order chi connectivity index (χ0) is 17.2. The lowest BCUT2D eigenvalue weighted by atomic mass is 10.1. The van der Waals surface area contributed by atoms with Crippen LogP contribution in [0, 0.1) is 11.3 Å². The Hall–Kier alpha value is -2.23. The molecule has 0 amide bonds. The summed E-state index contributed by atoms with van der Waals surface area (Å²) in [4.78, 5) is 9.33. The van der Waals surface area contributed by atoms with E-state index in [0.717, 1.165) is 44.3 Å². The van der Waals surface area contributed by atoms with Gasteiger partial charge in [-0.15, -0.1) is 0 Å². The van der Waals surface area contributed by atoms with Crippen LogP contribution in [-0.4, -0.2) is 46.1 Å². The number of aromatic nitrogens is 2. The van der Waals surface area contributed by atoms with Crippen LogP contribution in [-0.2, 0) is 13.1 Å². The molecule has 1 aromatic heterocycles. The molecule has 130 valence electrons. The lowest BCUT2D eigenvalue weighted by Gasteiger charge is -2.23. The van der Waals surface area contributed by atoms with E-state index in [-0.39, 0.29) is 0 Å². The second kappa shape index (κ2) is 6.95. The summed E-state index contributed by atoms with van der Waals surface area (Å²) in [5.74, 6) is 2.13. The first-order chi connectivity index (χ1) is 12.2. The fourth-order valence-corrected chi connectivity index (χ4v) is 3.44. The van der Waals surface area contributed by atoms with Gasteiger partial charge in [-0.05, 0) is 44.0 Å². The van der Waals surface area contributed by atoms with Crippen molar-refractivity contribution in [2.75, 3.05) is 20.1 Å². The van der Waals surface area contributed by atoms with Crippen molar-refractivity contribution in [2.45, 2.75) is 44.3 Å². The molecule has 0 unspecified atom stereocenters. The summed E-state index contributed by atoms with van der Waals surface area (Å²) in [5.41, 5.74) is 1.98. The molecule has 25 heavy (non-hydrogen) atoms. The van der Waals surface area contributed by atoms with Crippen molar-refractivity contribution < 1.29 is 4.52 Å². The van der Waals surface area contributed by atoms with Gasteiger partial charge in [-0.1, -0.05) is 17.3 Å². The quantitative estimate of drug-likeness (QED) is 0.807. The predicted octanol–water partition coefficient (Wildman–Crippen LogP) is 2.52. The molecular weight excluding hydrogens is 314 g/mol. The molecule has 1 saturated carbocycles. The number of likely N-dealkylation sites (tertiary alicyclic amines) is 1. The zero-order valence-corrected chi connectivity index (χ0v) is 14.6. The molecule has 1 saturated heterocycles. The minimum Gasteiger partial charge on any atom is -0.339 e. The van der Waals surface area contributed by atoms with Gasteiger partial charge in [0.2, 0.25) is 5.89 Å². The molecule has 1 aliphatic carbocycles. The first-order valence-corrected chi connectivity index (χ1v) is 8.95. The molecule has 2 aromatic rings. The van der Waals surface area contributed by atoms with E-state index in [1.807, 2.05) is 24.3 Å². The highest BCUT2D eigenvalue weighted by Crippen LogP contribution is 2.38. The van der Waals surface area contributed by atoms with Crippen LogP contribution in [0.3, 0.4) is 0 Å². The van der Waals surface area contributed by atoms with Crippen molar-refractivity contribution >= 4 is 0 Å². The van der Waals surface area contributed by atoms with Crippen molar-refractivity contribution in [1.29, 1.82) is 5.26 Å². The van der Waals surface area contributed by atoms with E-state index in [1.54, 1.807) is 0 Å². The smallest absolute Gasteiger partial charge is 0.229 e. The molecule has 6 nitrogen and oxygen atoms in total. The van der Waals surface area contributed by atoms with E-state index in [0.29, 0.717) is 17.5 Å². The van der Waals surface area contributed by atoms with Crippen LogP contribution in [0.1, 0.15) is 48.0 Å². The van der Waals surface area contributed by atoms with E-state index in [9.17, 15) is 0 Å². The Labute approximate surface area is 148 Å². The molecule has 6 heteroatoms. The fourth-order valence-electron chi connectivity index (χ4n) is 3.44. The van der Waals surface area contributed by atoms with Gasteiger partial charge in [0, 0.05) is 31.6 Å². The van der Waals surface area contributed by atoms with Crippen molar-refractivity contribution in [3.8, 4) is 6.07 Å². The van der Waals surface area contributed by atoms with E-state index in [1.165, 1.54) is 18.4 Å². The highest BCUT2D eigenvalue weighted by atomic mass is 16.5. The molecule has 0 bridgehead atoms. The lowest BCUT2D eigenvalue weighted by molar-refractivity contribution is 0.216. The summed E-state index contributed by atoms with van der Waals surface area (Å²) in [5, 5.41) is 13.0. The molecule has 0 N–H and O–H groups in total. The number of likely N-dealkylation sites (N-methyl/N-ethyl adjacent to an activating group) is 1. The maximum absolute atomic E-state index is 8.88. The minimum absolute atomic E-state index is 0.515. The number of nitriles is 1. The molecule has 0 radical (unpaired) electrons. The third kappa shape index (κ3) is 3.89. The monoisotopic (exact) mass is 337 g/mol. The van der Waals surface area contributed by atoms with Gasteiger partial charge in [-0.2, -0.15) is 10.2 Å². The second-order valence-corrected chi connectivity index (χ2v) is 7.22. The molecule has 2 heterocycles. The number of nitrogens with zero attached hydrogens (tertiary/aromatic N) is 5. The van der Waals surface area contributed by atoms with Gasteiger partial charge < -0.3 is 4.52 Å². The van der Waals surface area contributed by atoms with Crippen LogP contribution in [0.2, 0.25) is 0 Å². The standard InChI is InChI=1S/C19H23N5O/c1-23(13-18-21-19(25-22-18)16-6-7-16)17-8-9-24(12-17)11-15-4-2-14(10-20)3-5-15/h2-5,16-17H,6-9,11-13H2,1H3/t17-/m1/s1. The van der Waals surface area contributed by atoms with Gasteiger partial charge in [0.05, 0.1) is 18.2 Å². The van der Waals surface area contributed by atoms with Gasteiger partial charge in [0.25, 0.3) is 0 Å². The summed E-state index contributed by atoms with van der Waals surface area (Å²) in [6.07, 6.45) is 3.52. The summed E-state index contributed by atoms with van der Waals surface area (Å²) < 4.78 is 5.35. The lowest BCUT2D eigenvalue weighted by Crippen LogP contribution is -2.34. The molecule has 0 spiro atoms. The van der Waals surface area contributed by atoms with Gasteiger partial charge in [-0.3, -0.25) is 9.80 Å². The molecule has 4 rings (SSSR count). The molecular formula is C19H23N5O. The summed E-state index contributed by atoms with van der Waals surface area (Å²) in [7, 11) is 2.14. The van der Waals surface area contributed by atoms with Crippen LogP contribution in [0.4, 0.5) is 0 Å². The van der Waals surface area contributed by atoms with Crippen molar-refractivity contribution in [2.24, 2.45) is 0 Å². The van der Waals surface area contributed by atoms with Crippen molar-refractivity contribution in [3.63, 3.8) is 0 Å². The third-order valence-electron chi connectivity index (χ3n) is 5.16. The number of rotatable bonds is 6. The van der Waals surface area contributed by atoms with Crippen LogP contribution in [0.5, 0.6) is 0 Å². The van der Waals surface area contributed by atoms with Gasteiger partial charge in [-0.25, -0.2) is 0 Å². The average Bonchev–Trinajstić information content (AvgIpc) is 3.19. The maximum atomic E-state index is 8.88. The Morgan fingerprint density at radius 2 is 2.08 bits per heavy atom. The Balaban J connectivity index is 1.29. The van der Waals surface area contributed by atoms with Gasteiger partial charge >= 0.3 is 0 Å². The molecule has 1 aliphatic heterocycles. The normalized spacial score (nSPS) is 20.9. The minimum atomic E-state index is 0.515. The van der Waals surface area contributed by atoms with E-state index >= 15 is 0 Å². The molecule has 2 aliphatic rings. The SMILES string of the molecule is CN(Cc1noc(C2CC2)n1)[C@@H]1CCN(Cc2ccc(C#N)cc2)C1. The first-order valence-electron chi connectivity index (χ1n) is 8.95. The summed E-state index contributed by atoms with van der Waals surface area (Å²) >= 11 is 0. The van der Waals surface area contributed by atoms with Gasteiger partial charge in [0.1, 0.15) is 0 Å². The van der Waals surface area contributed by atoms with Crippen molar-refractivity contribution in [1.82, 2.24) is 19.9 Å². The third-order valence-corrected chi connectivity index (χ3v) is 5.16. The zero-order valence-electron chi connectivity index (χ0n) is 14.6. The Bertz CT molecular complexity index is 759. The fraction of sp³-hybridized carbons (Fsp3) is 0.526. The molecule has 1 aromatic carbocycles. The van der Waals surface area contributed by atoms with Crippen LogP contribution < -0.4 is 0 Å². The Morgan fingerprint density at radius 3 is 2.80 bits per heavy atom. The second-order valence-electron chi connectivity index (χ2n) is 7.22. The molecule has 2 fully saturated rings. The Kier molecular flexibility index (Phi) is 4.51. The summed E-state index contributed by atoms with van der Waals surface area (Å²) in [6.45, 7) is 3.81. The van der Waals surface area contributed by atoms with Crippen LogP contribution in [0.25, 0.3) is 0 Å². The van der Waals surface area contributed by atoms with E-state index in [4.69, 9.17) is 9.78 Å². The Morgan fingerprint density at radius 1 is 1.28 bits per heavy atom. The first kappa shape index (κ1) is 16.2. The summed E-state index contributed by atoms with van der Waals surface area (Å²) in [6, 6.07) is 10.6. The predicted molar refractivity (Wildman–Crippen MR) is 92.6 cm³/mol. The van der Waals surface area contributed by atoms with E-state index in [2.05, 4.69) is 33.1 Å². The van der Waals surface area contributed by atoms with Crippen LogP contribution >= 0.6 is 0 Å². The van der Waals surface area contributed by atoms with Crippen LogP contribution in [0.15, 0.2) is 28.8 Å². The van der Waals surface area contributed by atoms with Gasteiger partial charge in [0.15, 0.2) is 5.82 Å².